The summed E-state index contributed by atoms with van der Waals surface area (Å²) in [5, 5.41) is 20.6. The molecule has 0 aliphatic heterocycles. The van der Waals surface area contributed by atoms with Gasteiger partial charge >= 0.3 is 0 Å². The maximum absolute atomic E-state index is 8.71. The molecule has 74 valence electrons. The van der Waals surface area contributed by atoms with E-state index in [0.29, 0.717) is 6.42 Å². The first-order valence-electron chi connectivity index (χ1n) is 4.30. The van der Waals surface area contributed by atoms with Gasteiger partial charge in [-0.15, -0.1) is 5.10 Å². The fraction of sp³-hybridized carbons (Fsp3) is 0.375. The minimum atomic E-state index is 0.0890. The molecule has 2 heterocycles. The Balaban J connectivity index is 2.24. The number of hydrogen-bond acceptors (Lipinski definition) is 4. The SMILES string of the molecule is Cn1cc(-n2cc(CCO)nn2)cn1. The molecule has 0 saturated heterocycles. The van der Waals surface area contributed by atoms with E-state index in [1.54, 1.807) is 21.8 Å². The monoisotopic (exact) mass is 193 g/mol. The smallest absolute Gasteiger partial charge is 0.104 e. The summed E-state index contributed by atoms with van der Waals surface area (Å²) in [6.45, 7) is 0.0890. The summed E-state index contributed by atoms with van der Waals surface area (Å²) in [5.41, 5.74) is 1.64. The highest BCUT2D eigenvalue weighted by molar-refractivity contribution is 5.23. The number of aromatic nitrogens is 5. The molecule has 6 heteroatoms. The third-order valence-corrected chi connectivity index (χ3v) is 1.86. The number of hydrogen-bond donors (Lipinski definition) is 1. The molecule has 0 aromatic carbocycles. The van der Waals surface area contributed by atoms with Gasteiger partial charge in [0.05, 0.1) is 24.3 Å². The summed E-state index contributed by atoms with van der Waals surface area (Å²) in [5.74, 6) is 0. The average molecular weight is 193 g/mol. The highest BCUT2D eigenvalue weighted by Gasteiger charge is 2.03. The third kappa shape index (κ3) is 1.64. The van der Waals surface area contributed by atoms with Crippen molar-refractivity contribution in [3.05, 3.63) is 24.3 Å². The molecule has 0 amide bonds. The van der Waals surface area contributed by atoms with E-state index in [-0.39, 0.29) is 6.61 Å². The molecule has 0 fully saturated rings. The van der Waals surface area contributed by atoms with Crippen LogP contribution in [0.1, 0.15) is 5.69 Å². The van der Waals surface area contributed by atoms with Crippen LogP contribution in [-0.4, -0.2) is 36.5 Å². The summed E-state index contributed by atoms with van der Waals surface area (Å²) in [6, 6.07) is 0. The molecule has 0 unspecified atom stereocenters. The molecule has 0 aliphatic rings. The molecule has 14 heavy (non-hydrogen) atoms. The Labute approximate surface area is 80.8 Å². The van der Waals surface area contributed by atoms with E-state index in [1.165, 1.54) is 0 Å². The molecule has 0 radical (unpaired) electrons. The van der Waals surface area contributed by atoms with Gasteiger partial charge in [-0.2, -0.15) is 5.10 Å². The lowest BCUT2D eigenvalue weighted by molar-refractivity contribution is 0.298. The van der Waals surface area contributed by atoms with E-state index in [0.717, 1.165) is 11.4 Å². The molecule has 2 rings (SSSR count). The predicted octanol–water partition coefficient (Wildman–Crippen LogP) is -0.464. The van der Waals surface area contributed by atoms with Crippen molar-refractivity contribution in [1.82, 2.24) is 24.8 Å². The van der Waals surface area contributed by atoms with Gasteiger partial charge in [-0.3, -0.25) is 4.68 Å². The average Bonchev–Trinajstić information content (AvgIpc) is 2.74. The maximum atomic E-state index is 8.71. The van der Waals surface area contributed by atoms with Gasteiger partial charge in [-0.05, 0) is 0 Å². The molecule has 2 aromatic rings. The highest BCUT2D eigenvalue weighted by Crippen LogP contribution is 2.04. The Morgan fingerprint density at radius 2 is 2.29 bits per heavy atom. The van der Waals surface area contributed by atoms with Crippen molar-refractivity contribution < 1.29 is 5.11 Å². The Kier molecular flexibility index (Phi) is 2.28. The molecular formula is C8H11N5O. The number of nitrogens with zero attached hydrogens (tertiary/aromatic N) is 5. The van der Waals surface area contributed by atoms with Crippen LogP contribution >= 0.6 is 0 Å². The van der Waals surface area contributed by atoms with Crippen LogP contribution in [0.15, 0.2) is 18.6 Å². The number of aliphatic hydroxyl groups excluding tert-OH is 1. The molecule has 0 spiro atoms. The maximum Gasteiger partial charge on any atom is 0.104 e. The predicted molar refractivity (Wildman–Crippen MR) is 48.9 cm³/mol. The van der Waals surface area contributed by atoms with E-state index in [2.05, 4.69) is 15.4 Å². The van der Waals surface area contributed by atoms with Gasteiger partial charge in [0.1, 0.15) is 5.69 Å². The fourth-order valence-corrected chi connectivity index (χ4v) is 1.18. The quantitative estimate of drug-likeness (QED) is 0.716. The largest absolute Gasteiger partial charge is 0.396 e. The van der Waals surface area contributed by atoms with Crippen LogP contribution in [0.3, 0.4) is 0 Å². The normalized spacial score (nSPS) is 10.7. The van der Waals surface area contributed by atoms with Gasteiger partial charge in [0.15, 0.2) is 0 Å². The lowest BCUT2D eigenvalue weighted by atomic mass is 10.3. The number of rotatable bonds is 3. The van der Waals surface area contributed by atoms with E-state index in [9.17, 15) is 0 Å². The van der Waals surface area contributed by atoms with Crippen LogP contribution in [0, 0.1) is 0 Å². The number of aliphatic hydroxyl groups is 1. The standard InChI is InChI=1S/C8H11N5O/c1-12-6-8(4-9-12)13-5-7(2-3-14)10-11-13/h4-6,14H,2-3H2,1H3. The van der Waals surface area contributed by atoms with Crippen molar-refractivity contribution >= 4 is 0 Å². The Morgan fingerprint density at radius 1 is 1.43 bits per heavy atom. The van der Waals surface area contributed by atoms with Crippen molar-refractivity contribution in [3.63, 3.8) is 0 Å². The summed E-state index contributed by atoms with van der Waals surface area (Å²) in [4.78, 5) is 0. The van der Waals surface area contributed by atoms with Crippen LogP contribution in [0.5, 0.6) is 0 Å². The van der Waals surface area contributed by atoms with Crippen molar-refractivity contribution in [2.24, 2.45) is 7.05 Å². The summed E-state index contributed by atoms with van der Waals surface area (Å²) in [7, 11) is 1.84. The molecular weight excluding hydrogens is 182 g/mol. The summed E-state index contributed by atoms with van der Waals surface area (Å²) < 4.78 is 3.33. The molecule has 0 aliphatic carbocycles. The third-order valence-electron chi connectivity index (χ3n) is 1.86. The second-order valence-electron chi connectivity index (χ2n) is 3.00. The van der Waals surface area contributed by atoms with Gasteiger partial charge in [0.25, 0.3) is 0 Å². The molecule has 2 aromatic heterocycles. The molecule has 0 saturated carbocycles. The van der Waals surface area contributed by atoms with E-state index < -0.39 is 0 Å². The van der Waals surface area contributed by atoms with Crippen molar-refractivity contribution in [2.75, 3.05) is 6.61 Å². The second-order valence-corrected chi connectivity index (χ2v) is 3.00. The van der Waals surface area contributed by atoms with E-state index >= 15 is 0 Å². The van der Waals surface area contributed by atoms with Gasteiger partial charge in [0, 0.05) is 20.1 Å². The lowest BCUT2D eigenvalue weighted by Gasteiger charge is -1.91. The Bertz CT molecular complexity index is 419. The van der Waals surface area contributed by atoms with Crippen LogP contribution < -0.4 is 0 Å². The first-order chi connectivity index (χ1) is 6.79. The fourth-order valence-electron chi connectivity index (χ4n) is 1.18. The zero-order chi connectivity index (χ0) is 9.97. The van der Waals surface area contributed by atoms with E-state index in [1.807, 2.05) is 13.2 Å². The van der Waals surface area contributed by atoms with Gasteiger partial charge < -0.3 is 5.11 Å². The van der Waals surface area contributed by atoms with Crippen molar-refractivity contribution in [1.29, 1.82) is 0 Å². The van der Waals surface area contributed by atoms with Crippen LogP contribution in [0.25, 0.3) is 5.69 Å². The van der Waals surface area contributed by atoms with Gasteiger partial charge in [-0.25, -0.2) is 4.68 Å². The second kappa shape index (κ2) is 3.59. The minimum absolute atomic E-state index is 0.0890. The van der Waals surface area contributed by atoms with E-state index in [4.69, 9.17) is 5.11 Å². The number of aryl methyl sites for hydroxylation is 1. The minimum Gasteiger partial charge on any atom is -0.396 e. The summed E-state index contributed by atoms with van der Waals surface area (Å²) in [6.07, 6.45) is 5.86. The molecule has 0 atom stereocenters. The van der Waals surface area contributed by atoms with Crippen LogP contribution in [-0.2, 0) is 13.5 Å². The first kappa shape index (κ1) is 8.89. The van der Waals surface area contributed by atoms with Crippen molar-refractivity contribution in [2.45, 2.75) is 6.42 Å². The Hall–Kier alpha value is -1.69. The first-order valence-corrected chi connectivity index (χ1v) is 4.30. The molecule has 6 nitrogen and oxygen atoms in total. The lowest BCUT2D eigenvalue weighted by Crippen LogP contribution is -1.92. The van der Waals surface area contributed by atoms with Gasteiger partial charge in [-0.1, -0.05) is 5.21 Å². The zero-order valence-electron chi connectivity index (χ0n) is 7.83. The van der Waals surface area contributed by atoms with Gasteiger partial charge in [0.2, 0.25) is 0 Å². The van der Waals surface area contributed by atoms with Crippen molar-refractivity contribution in [3.8, 4) is 5.69 Å². The van der Waals surface area contributed by atoms with Crippen LogP contribution in [0.4, 0.5) is 0 Å². The van der Waals surface area contributed by atoms with Crippen LogP contribution in [0.2, 0.25) is 0 Å². The zero-order valence-corrected chi connectivity index (χ0v) is 7.83. The summed E-state index contributed by atoms with van der Waals surface area (Å²) >= 11 is 0. The Morgan fingerprint density at radius 3 is 2.93 bits per heavy atom. The highest BCUT2D eigenvalue weighted by atomic mass is 16.3. The topological polar surface area (TPSA) is 68.8 Å². The molecule has 0 bridgehead atoms. The molecule has 1 N–H and O–H groups in total.